The molecule has 1 aromatic carbocycles. The molecule has 5 nitrogen and oxygen atoms in total. The monoisotopic (exact) mass is 277 g/mol. The van der Waals surface area contributed by atoms with Crippen LogP contribution in [-0.4, -0.2) is 18.0 Å². The average molecular weight is 278 g/mol. The normalized spacial score (nSPS) is 9.80. The highest BCUT2D eigenvalue weighted by molar-refractivity contribution is 9.10. The lowest BCUT2D eigenvalue weighted by Gasteiger charge is -2.02. The molecule has 0 aliphatic heterocycles. The second-order valence-corrected chi connectivity index (χ2v) is 3.39. The van der Waals surface area contributed by atoms with Crippen molar-refractivity contribution in [2.45, 2.75) is 0 Å². The van der Waals surface area contributed by atoms with Crippen LogP contribution in [0.4, 0.5) is 10.1 Å². The Balaban J connectivity index is 3.31. The van der Waals surface area contributed by atoms with Gasteiger partial charge in [0.1, 0.15) is 0 Å². The van der Waals surface area contributed by atoms with Crippen LogP contribution in [0.25, 0.3) is 0 Å². The summed E-state index contributed by atoms with van der Waals surface area (Å²) in [4.78, 5) is 20.6. The second-order valence-electron chi connectivity index (χ2n) is 2.53. The van der Waals surface area contributed by atoms with E-state index in [-0.39, 0.29) is 10.0 Å². The van der Waals surface area contributed by atoms with Crippen molar-refractivity contribution in [2.75, 3.05) is 7.11 Å². The van der Waals surface area contributed by atoms with Gasteiger partial charge >= 0.3 is 11.7 Å². The summed E-state index contributed by atoms with van der Waals surface area (Å²) in [6.07, 6.45) is 0. The number of methoxy groups -OCH3 is 1. The van der Waals surface area contributed by atoms with Gasteiger partial charge in [-0.05, 0) is 22.0 Å². The van der Waals surface area contributed by atoms with Crippen LogP contribution in [0.15, 0.2) is 16.6 Å². The molecular weight excluding hydrogens is 273 g/mol. The number of halogens is 2. The first-order valence-electron chi connectivity index (χ1n) is 3.69. The van der Waals surface area contributed by atoms with E-state index in [0.717, 1.165) is 19.2 Å². The molecule has 0 fully saturated rings. The molecule has 0 radical (unpaired) electrons. The minimum Gasteiger partial charge on any atom is -0.465 e. The summed E-state index contributed by atoms with van der Waals surface area (Å²) in [5.41, 5.74) is -0.796. The number of benzene rings is 1. The minimum atomic E-state index is -1.08. The Morgan fingerprint density at radius 3 is 2.67 bits per heavy atom. The summed E-state index contributed by atoms with van der Waals surface area (Å²) in [6.45, 7) is 0. The Hall–Kier alpha value is -1.50. The van der Waals surface area contributed by atoms with Gasteiger partial charge in [-0.25, -0.2) is 4.79 Å². The van der Waals surface area contributed by atoms with Gasteiger partial charge in [0.15, 0.2) is 0 Å². The lowest BCUT2D eigenvalue weighted by molar-refractivity contribution is -0.387. The Bertz CT molecular complexity index is 435. The fourth-order valence-corrected chi connectivity index (χ4v) is 1.44. The summed E-state index contributed by atoms with van der Waals surface area (Å²) in [5.74, 6) is -1.85. The first-order chi connectivity index (χ1) is 6.97. The van der Waals surface area contributed by atoms with Gasteiger partial charge < -0.3 is 4.74 Å². The first kappa shape index (κ1) is 11.6. The Morgan fingerprint density at radius 1 is 1.60 bits per heavy atom. The van der Waals surface area contributed by atoms with Crippen molar-refractivity contribution < 1.29 is 18.8 Å². The van der Waals surface area contributed by atoms with Crippen LogP contribution in [0.3, 0.4) is 0 Å². The van der Waals surface area contributed by atoms with E-state index < -0.39 is 22.4 Å². The van der Waals surface area contributed by atoms with Gasteiger partial charge in [-0.15, -0.1) is 0 Å². The maximum Gasteiger partial charge on any atom is 0.339 e. The van der Waals surface area contributed by atoms with Gasteiger partial charge in [0.05, 0.1) is 17.6 Å². The number of carbonyl (C=O) groups is 1. The molecule has 0 atom stereocenters. The molecule has 0 unspecified atom stereocenters. The molecule has 1 aromatic rings. The Morgan fingerprint density at radius 2 is 2.20 bits per heavy atom. The van der Waals surface area contributed by atoms with Crippen LogP contribution in [0, 0.1) is 15.9 Å². The van der Waals surface area contributed by atoms with E-state index >= 15 is 0 Å². The SMILES string of the molecule is COC(=O)c1cc(F)c([N+](=O)[O-])cc1Br. The van der Waals surface area contributed by atoms with Crippen LogP contribution in [0.2, 0.25) is 0 Å². The van der Waals surface area contributed by atoms with Gasteiger partial charge in [-0.1, -0.05) is 0 Å². The Kier molecular flexibility index (Phi) is 3.35. The molecule has 0 aliphatic rings. The lowest BCUT2D eigenvalue weighted by atomic mass is 10.2. The maximum absolute atomic E-state index is 13.1. The number of rotatable bonds is 2. The molecule has 0 saturated carbocycles. The number of nitrogens with zero attached hydrogens (tertiary/aromatic N) is 1. The molecule has 0 heterocycles. The van der Waals surface area contributed by atoms with Gasteiger partial charge in [0, 0.05) is 10.5 Å². The highest BCUT2D eigenvalue weighted by Gasteiger charge is 2.20. The number of nitro groups is 1. The van der Waals surface area contributed by atoms with Gasteiger partial charge in [-0.2, -0.15) is 4.39 Å². The molecule has 0 aromatic heterocycles. The van der Waals surface area contributed by atoms with E-state index in [1.807, 2.05) is 0 Å². The standard InChI is InChI=1S/C8H5BrFNO4/c1-15-8(12)4-2-6(10)7(11(13)14)3-5(4)9/h2-3H,1H3. The van der Waals surface area contributed by atoms with Crippen molar-refractivity contribution >= 4 is 27.6 Å². The number of hydrogen-bond acceptors (Lipinski definition) is 4. The van der Waals surface area contributed by atoms with Crippen LogP contribution in [-0.2, 0) is 4.74 Å². The van der Waals surface area contributed by atoms with E-state index in [4.69, 9.17) is 0 Å². The van der Waals surface area contributed by atoms with Crippen molar-refractivity contribution in [3.63, 3.8) is 0 Å². The smallest absolute Gasteiger partial charge is 0.339 e. The number of ether oxygens (including phenoxy) is 1. The lowest BCUT2D eigenvalue weighted by Crippen LogP contribution is -2.04. The van der Waals surface area contributed by atoms with E-state index in [0.29, 0.717) is 0 Å². The van der Waals surface area contributed by atoms with Crippen molar-refractivity contribution in [2.24, 2.45) is 0 Å². The predicted molar refractivity (Wildman–Crippen MR) is 52.1 cm³/mol. The van der Waals surface area contributed by atoms with Crippen LogP contribution in [0.5, 0.6) is 0 Å². The van der Waals surface area contributed by atoms with Crippen molar-refractivity contribution in [1.29, 1.82) is 0 Å². The zero-order valence-corrected chi connectivity index (χ0v) is 9.08. The van der Waals surface area contributed by atoms with Gasteiger partial charge in [0.25, 0.3) is 0 Å². The Labute approximate surface area is 92.1 Å². The molecule has 0 amide bonds. The highest BCUT2D eigenvalue weighted by atomic mass is 79.9. The fourth-order valence-electron chi connectivity index (χ4n) is 0.943. The van der Waals surface area contributed by atoms with Crippen molar-refractivity contribution in [3.05, 3.63) is 38.1 Å². The number of carbonyl (C=O) groups excluding carboxylic acids is 1. The maximum atomic E-state index is 13.1. The van der Waals surface area contributed by atoms with Crippen LogP contribution >= 0.6 is 15.9 Å². The first-order valence-corrected chi connectivity index (χ1v) is 4.48. The molecule has 7 heteroatoms. The summed E-state index contributed by atoms with van der Waals surface area (Å²) in [5, 5.41) is 10.4. The van der Waals surface area contributed by atoms with E-state index in [1.54, 1.807) is 0 Å². The molecule has 0 spiro atoms. The average Bonchev–Trinajstić information content (AvgIpc) is 2.19. The molecule has 0 N–H and O–H groups in total. The second kappa shape index (κ2) is 4.35. The third-order valence-corrected chi connectivity index (χ3v) is 2.29. The summed E-state index contributed by atoms with van der Waals surface area (Å²) >= 11 is 2.92. The molecular formula is C8H5BrFNO4. The third kappa shape index (κ3) is 2.30. The molecule has 15 heavy (non-hydrogen) atoms. The molecule has 0 aliphatic carbocycles. The molecule has 0 bridgehead atoms. The highest BCUT2D eigenvalue weighted by Crippen LogP contribution is 2.26. The van der Waals surface area contributed by atoms with Crippen molar-refractivity contribution in [1.82, 2.24) is 0 Å². The van der Waals surface area contributed by atoms with Gasteiger partial charge in [0.2, 0.25) is 5.82 Å². The zero-order chi connectivity index (χ0) is 11.6. The summed E-state index contributed by atoms with van der Waals surface area (Å²) < 4.78 is 17.6. The van der Waals surface area contributed by atoms with Crippen molar-refractivity contribution in [3.8, 4) is 0 Å². The predicted octanol–water partition coefficient (Wildman–Crippen LogP) is 2.28. The molecule has 80 valence electrons. The zero-order valence-electron chi connectivity index (χ0n) is 7.49. The summed E-state index contributed by atoms with van der Waals surface area (Å²) in [6, 6.07) is 1.68. The fraction of sp³-hybridized carbons (Fsp3) is 0.125. The molecule has 0 saturated heterocycles. The van der Waals surface area contributed by atoms with E-state index in [1.165, 1.54) is 0 Å². The van der Waals surface area contributed by atoms with Crippen LogP contribution < -0.4 is 0 Å². The number of hydrogen-bond donors (Lipinski definition) is 0. The third-order valence-electron chi connectivity index (χ3n) is 1.64. The van der Waals surface area contributed by atoms with E-state index in [2.05, 4.69) is 20.7 Å². The van der Waals surface area contributed by atoms with E-state index in [9.17, 15) is 19.3 Å². The number of esters is 1. The van der Waals surface area contributed by atoms with Crippen LogP contribution in [0.1, 0.15) is 10.4 Å². The number of nitro benzene ring substituents is 1. The summed E-state index contributed by atoms with van der Waals surface area (Å²) in [7, 11) is 1.13. The largest absolute Gasteiger partial charge is 0.465 e. The topological polar surface area (TPSA) is 69.4 Å². The minimum absolute atomic E-state index is 0.0967. The molecule has 1 rings (SSSR count). The van der Waals surface area contributed by atoms with Gasteiger partial charge in [-0.3, -0.25) is 10.1 Å². The quantitative estimate of drug-likeness (QED) is 0.472.